The van der Waals surface area contributed by atoms with E-state index in [2.05, 4.69) is 20.5 Å². The van der Waals surface area contributed by atoms with Crippen LogP contribution in [0.2, 0.25) is 0 Å². The van der Waals surface area contributed by atoms with Gasteiger partial charge in [0.2, 0.25) is 5.95 Å². The zero-order chi connectivity index (χ0) is 13.7. The Morgan fingerprint density at radius 2 is 2.15 bits per heavy atom. The van der Waals surface area contributed by atoms with Crippen molar-refractivity contribution >= 4 is 17.0 Å². The normalized spacial score (nSPS) is 25.9. The predicted octanol–water partition coefficient (Wildman–Crippen LogP) is 1.90. The minimum atomic E-state index is 0.399. The van der Waals surface area contributed by atoms with E-state index in [1.807, 2.05) is 12.1 Å². The molecule has 2 aromatic rings. The first-order valence-electron chi connectivity index (χ1n) is 7.20. The van der Waals surface area contributed by atoms with E-state index in [0.29, 0.717) is 23.6 Å². The number of nitrogens with two attached hydrogens (primary N) is 1. The molecule has 0 saturated carbocycles. The molecule has 1 aromatic carbocycles. The summed E-state index contributed by atoms with van der Waals surface area (Å²) in [6, 6.07) is 8.93. The maximum atomic E-state index is 9.20. The van der Waals surface area contributed by atoms with Crippen LogP contribution in [0, 0.1) is 11.3 Å². The van der Waals surface area contributed by atoms with Gasteiger partial charge in [0, 0.05) is 12.6 Å². The van der Waals surface area contributed by atoms with Crippen LogP contribution in [0.3, 0.4) is 0 Å². The number of nitriles is 1. The Morgan fingerprint density at radius 3 is 3.00 bits per heavy atom. The second-order valence-corrected chi connectivity index (χ2v) is 5.73. The molecule has 4 rings (SSSR count). The molecule has 1 aromatic heterocycles. The highest BCUT2D eigenvalue weighted by molar-refractivity contribution is 5.84. The number of nitrogens with zero attached hydrogens (tertiary/aromatic N) is 4. The maximum absolute atomic E-state index is 9.20. The van der Waals surface area contributed by atoms with E-state index in [-0.39, 0.29) is 0 Å². The summed E-state index contributed by atoms with van der Waals surface area (Å²) in [7, 11) is 0. The van der Waals surface area contributed by atoms with E-state index in [9.17, 15) is 5.26 Å². The lowest BCUT2D eigenvalue weighted by molar-refractivity contribution is 0.293. The molecule has 2 unspecified atom stereocenters. The molecule has 5 heteroatoms. The SMILES string of the molecule is N#Cc1cccc2c1nc(N)n2C1CCN2CCCC12. The topological polar surface area (TPSA) is 70.9 Å². The molecule has 2 atom stereocenters. The minimum Gasteiger partial charge on any atom is -0.369 e. The fourth-order valence-electron chi connectivity index (χ4n) is 3.93. The number of benzene rings is 1. The smallest absolute Gasteiger partial charge is 0.201 e. The first-order chi connectivity index (χ1) is 9.79. The van der Waals surface area contributed by atoms with Crippen LogP contribution in [0.4, 0.5) is 5.95 Å². The lowest BCUT2D eigenvalue weighted by Crippen LogP contribution is -2.28. The second-order valence-electron chi connectivity index (χ2n) is 5.73. The van der Waals surface area contributed by atoms with Crippen molar-refractivity contribution in [3.63, 3.8) is 0 Å². The molecular formula is C15H17N5. The molecule has 2 fully saturated rings. The van der Waals surface area contributed by atoms with Crippen LogP contribution in [0.25, 0.3) is 11.0 Å². The third-order valence-corrected chi connectivity index (χ3v) is 4.77. The quantitative estimate of drug-likeness (QED) is 0.856. The first-order valence-corrected chi connectivity index (χ1v) is 7.20. The number of fused-ring (bicyclic) bond motifs is 2. The van der Waals surface area contributed by atoms with Gasteiger partial charge in [-0.25, -0.2) is 4.98 Å². The fourth-order valence-corrected chi connectivity index (χ4v) is 3.93. The highest BCUT2D eigenvalue weighted by Crippen LogP contribution is 2.39. The zero-order valence-electron chi connectivity index (χ0n) is 11.3. The fraction of sp³-hybridized carbons (Fsp3) is 0.467. The summed E-state index contributed by atoms with van der Waals surface area (Å²) in [6.07, 6.45) is 3.63. The molecule has 20 heavy (non-hydrogen) atoms. The Labute approximate surface area is 117 Å². The van der Waals surface area contributed by atoms with Crippen LogP contribution >= 0.6 is 0 Å². The first kappa shape index (κ1) is 11.7. The van der Waals surface area contributed by atoms with E-state index in [4.69, 9.17) is 5.73 Å². The highest BCUT2D eigenvalue weighted by Gasteiger charge is 2.39. The number of hydrogen-bond acceptors (Lipinski definition) is 4. The van der Waals surface area contributed by atoms with Gasteiger partial charge in [-0.3, -0.25) is 4.90 Å². The van der Waals surface area contributed by atoms with Gasteiger partial charge in [0.05, 0.1) is 17.1 Å². The van der Waals surface area contributed by atoms with Gasteiger partial charge in [-0.15, -0.1) is 0 Å². The molecule has 2 aliphatic rings. The average Bonchev–Trinajstić information content (AvgIpc) is 3.11. The van der Waals surface area contributed by atoms with Crippen molar-refractivity contribution in [1.82, 2.24) is 14.5 Å². The van der Waals surface area contributed by atoms with Gasteiger partial charge < -0.3 is 10.3 Å². The zero-order valence-corrected chi connectivity index (χ0v) is 11.3. The Balaban J connectivity index is 1.88. The summed E-state index contributed by atoms with van der Waals surface area (Å²) in [4.78, 5) is 7.00. The number of para-hydroxylation sites is 1. The van der Waals surface area contributed by atoms with E-state index < -0.39 is 0 Å². The van der Waals surface area contributed by atoms with Gasteiger partial charge >= 0.3 is 0 Å². The predicted molar refractivity (Wildman–Crippen MR) is 77.1 cm³/mol. The molecule has 2 saturated heterocycles. The van der Waals surface area contributed by atoms with Crippen LogP contribution in [-0.2, 0) is 0 Å². The summed E-state index contributed by atoms with van der Waals surface area (Å²) >= 11 is 0. The largest absolute Gasteiger partial charge is 0.369 e. The number of aromatic nitrogens is 2. The number of anilines is 1. The summed E-state index contributed by atoms with van der Waals surface area (Å²) in [5.74, 6) is 0.543. The van der Waals surface area contributed by atoms with Crippen LogP contribution < -0.4 is 5.73 Å². The molecule has 0 amide bonds. The van der Waals surface area contributed by atoms with E-state index in [1.54, 1.807) is 6.07 Å². The Morgan fingerprint density at radius 1 is 1.25 bits per heavy atom. The lowest BCUT2D eigenvalue weighted by atomic mass is 10.1. The molecule has 5 nitrogen and oxygen atoms in total. The third kappa shape index (κ3) is 1.49. The summed E-state index contributed by atoms with van der Waals surface area (Å²) in [5.41, 5.74) is 8.51. The van der Waals surface area contributed by atoms with Gasteiger partial charge in [0.25, 0.3) is 0 Å². The molecule has 0 spiro atoms. The number of hydrogen-bond donors (Lipinski definition) is 1. The molecule has 3 heterocycles. The highest BCUT2D eigenvalue weighted by atomic mass is 15.3. The van der Waals surface area contributed by atoms with E-state index in [0.717, 1.165) is 24.0 Å². The Bertz CT molecular complexity index is 711. The van der Waals surface area contributed by atoms with Crippen molar-refractivity contribution in [2.75, 3.05) is 18.8 Å². The van der Waals surface area contributed by atoms with Gasteiger partial charge in [-0.2, -0.15) is 5.26 Å². The van der Waals surface area contributed by atoms with Crippen LogP contribution in [0.5, 0.6) is 0 Å². The van der Waals surface area contributed by atoms with Crippen molar-refractivity contribution in [2.24, 2.45) is 0 Å². The maximum Gasteiger partial charge on any atom is 0.201 e. The van der Waals surface area contributed by atoms with Crippen molar-refractivity contribution in [3.05, 3.63) is 23.8 Å². The van der Waals surface area contributed by atoms with Gasteiger partial charge in [0.1, 0.15) is 11.6 Å². The standard InChI is InChI=1S/C15H17N5/c16-9-10-3-1-4-13-14(10)18-15(17)20(13)12-6-8-19-7-2-5-11(12)19/h1,3-4,11-12H,2,5-8H2,(H2,17,18). The summed E-state index contributed by atoms with van der Waals surface area (Å²) < 4.78 is 2.16. The van der Waals surface area contributed by atoms with Crippen LogP contribution in [0.1, 0.15) is 30.9 Å². The van der Waals surface area contributed by atoms with Crippen molar-refractivity contribution in [2.45, 2.75) is 31.3 Å². The van der Waals surface area contributed by atoms with E-state index in [1.165, 1.54) is 19.4 Å². The Hall–Kier alpha value is -2.06. The summed E-state index contributed by atoms with van der Waals surface area (Å²) in [5, 5.41) is 9.20. The van der Waals surface area contributed by atoms with Crippen LogP contribution in [0.15, 0.2) is 18.2 Å². The summed E-state index contributed by atoms with van der Waals surface area (Å²) in [6.45, 7) is 2.35. The molecule has 2 N–H and O–H groups in total. The number of imidazole rings is 1. The van der Waals surface area contributed by atoms with Crippen LogP contribution in [-0.4, -0.2) is 33.6 Å². The molecule has 0 aliphatic carbocycles. The number of nitrogen functional groups attached to an aromatic ring is 1. The molecule has 0 radical (unpaired) electrons. The number of rotatable bonds is 1. The van der Waals surface area contributed by atoms with Crippen molar-refractivity contribution in [1.29, 1.82) is 5.26 Å². The minimum absolute atomic E-state index is 0.399. The van der Waals surface area contributed by atoms with Gasteiger partial charge in [0.15, 0.2) is 0 Å². The van der Waals surface area contributed by atoms with Gasteiger partial charge in [-0.05, 0) is 37.9 Å². The lowest BCUT2D eigenvalue weighted by Gasteiger charge is -2.22. The monoisotopic (exact) mass is 267 g/mol. The van der Waals surface area contributed by atoms with E-state index >= 15 is 0 Å². The van der Waals surface area contributed by atoms with Crippen molar-refractivity contribution in [3.8, 4) is 6.07 Å². The van der Waals surface area contributed by atoms with Crippen molar-refractivity contribution < 1.29 is 0 Å². The second kappa shape index (κ2) is 4.22. The molecule has 2 aliphatic heterocycles. The van der Waals surface area contributed by atoms with Gasteiger partial charge in [-0.1, -0.05) is 6.07 Å². The molecule has 0 bridgehead atoms. The molecule has 102 valence electrons. The average molecular weight is 267 g/mol. The Kier molecular flexibility index (Phi) is 2.48. The third-order valence-electron chi connectivity index (χ3n) is 4.77. The molecular weight excluding hydrogens is 250 g/mol.